The predicted molar refractivity (Wildman–Crippen MR) is 60.1 cm³/mol. The lowest BCUT2D eigenvalue weighted by Gasteiger charge is -2.19. The molecule has 74 valence electrons. The first-order valence-corrected chi connectivity index (χ1v) is 8.10. The van der Waals surface area contributed by atoms with E-state index in [1.54, 1.807) is 18.2 Å². The minimum atomic E-state index is -1.59. The van der Waals surface area contributed by atoms with E-state index in [0.29, 0.717) is 10.6 Å². The van der Waals surface area contributed by atoms with Crippen molar-refractivity contribution < 1.29 is 4.43 Å². The summed E-state index contributed by atoms with van der Waals surface area (Å²) in [6, 6.07) is 7.16. The topological polar surface area (TPSA) is 33.0 Å². The van der Waals surface area contributed by atoms with Crippen LogP contribution in [0, 0.1) is 11.3 Å². The molecule has 0 aliphatic rings. The van der Waals surface area contributed by atoms with Gasteiger partial charge in [0.15, 0.2) is 0 Å². The van der Waals surface area contributed by atoms with Gasteiger partial charge in [0.2, 0.25) is 8.32 Å². The molecule has 0 N–H and O–H groups in total. The molecule has 2 nitrogen and oxygen atoms in total. The molecule has 0 aliphatic carbocycles. The Balaban J connectivity index is 2.94. The van der Waals surface area contributed by atoms with E-state index in [2.05, 4.69) is 19.6 Å². The smallest absolute Gasteiger partial charge is 0.242 e. The second kappa shape index (κ2) is 4.03. The molecule has 0 atom stereocenters. The molecule has 14 heavy (non-hydrogen) atoms. The van der Waals surface area contributed by atoms with Crippen molar-refractivity contribution in [3.63, 3.8) is 0 Å². The molecule has 0 saturated carbocycles. The average Bonchev–Trinajstić information content (AvgIpc) is 2.01. The van der Waals surface area contributed by atoms with E-state index in [1.165, 1.54) is 0 Å². The van der Waals surface area contributed by atoms with Crippen molar-refractivity contribution in [3.05, 3.63) is 28.8 Å². The van der Waals surface area contributed by atoms with E-state index in [9.17, 15) is 0 Å². The summed E-state index contributed by atoms with van der Waals surface area (Å²) >= 11 is 5.87. The van der Waals surface area contributed by atoms with Crippen LogP contribution in [0.3, 0.4) is 0 Å². The number of rotatable bonds is 2. The van der Waals surface area contributed by atoms with Gasteiger partial charge in [-0.3, -0.25) is 0 Å². The molecule has 1 aromatic carbocycles. The Bertz CT molecular complexity index is 379. The van der Waals surface area contributed by atoms with Gasteiger partial charge in [-0.1, -0.05) is 11.6 Å². The van der Waals surface area contributed by atoms with E-state index in [1.807, 2.05) is 6.07 Å². The summed E-state index contributed by atoms with van der Waals surface area (Å²) in [5.41, 5.74) is 0.481. The van der Waals surface area contributed by atoms with Gasteiger partial charge < -0.3 is 4.43 Å². The summed E-state index contributed by atoms with van der Waals surface area (Å²) < 4.78 is 5.73. The maximum atomic E-state index is 8.68. The lowest BCUT2D eigenvalue weighted by Crippen LogP contribution is -2.29. The van der Waals surface area contributed by atoms with Gasteiger partial charge in [0.25, 0.3) is 0 Å². The summed E-state index contributed by atoms with van der Waals surface area (Å²) in [5.74, 6) is 0.744. The Kier molecular flexibility index (Phi) is 3.20. The van der Waals surface area contributed by atoms with Crippen LogP contribution in [-0.4, -0.2) is 8.32 Å². The standard InChI is InChI=1S/C10H12ClNOSi/c1-14(2,3)13-9-5-4-8(7-12)10(11)6-9/h4-6H,1-3H3. The fourth-order valence-corrected chi connectivity index (χ4v) is 2.05. The van der Waals surface area contributed by atoms with Gasteiger partial charge in [-0.15, -0.1) is 0 Å². The van der Waals surface area contributed by atoms with Crippen molar-refractivity contribution in [1.82, 2.24) is 0 Å². The van der Waals surface area contributed by atoms with E-state index in [4.69, 9.17) is 21.3 Å². The molecule has 0 saturated heterocycles. The van der Waals surface area contributed by atoms with Gasteiger partial charge in [-0.05, 0) is 37.8 Å². The minimum absolute atomic E-state index is 0.447. The molecule has 0 fully saturated rings. The molecular weight excluding hydrogens is 214 g/mol. The van der Waals surface area contributed by atoms with E-state index < -0.39 is 8.32 Å². The highest BCUT2D eigenvalue weighted by Gasteiger charge is 2.16. The molecule has 0 spiro atoms. The monoisotopic (exact) mass is 225 g/mol. The van der Waals surface area contributed by atoms with Crippen molar-refractivity contribution in [3.8, 4) is 11.8 Å². The maximum Gasteiger partial charge on any atom is 0.242 e. The van der Waals surface area contributed by atoms with Crippen molar-refractivity contribution in [2.24, 2.45) is 0 Å². The molecule has 1 rings (SSSR count). The fourth-order valence-electron chi connectivity index (χ4n) is 1.00. The molecule has 0 radical (unpaired) electrons. The van der Waals surface area contributed by atoms with Crippen LogP contribution in [-0.2, 0) is 0 Å². The third kappa shape index (κ3) is 3.06. The van der Waals surface area contributed by atoms with Crippen LogP contribution in [0.15, 0.2) is 18.2 Å². The zero-order chi connectivity index (χ0) is 10.8. The SMILES string of the molecule is C[Si](C)(C)Oc1ccc(C#N)c(Cl)c1. The molecular formula is C10H12ClNOSi. The largest absolute Gasteiger partial charge is 0.544 e. The predicted octanol–water partition coefficient (Wildman–Crippen LogP) is 3.43. The van der Waals surface area contributed by atoms with Crippen molar-refractivity contribution in [2.45, 2.75) is 19.6 Å². The van der Waals surface area contributed by atoms with Crippen LogP contribution < -0.4 is 4.43 Å². The first-order valence-electron chi connectivity index (χ1n) is 4.31. The normalized spacial score (nSPS) is 10.8. The molecule has 4 heteroatoms. The molecule has 0 heterocycles. The van der Waals surface area contributed by atoms with E-state index in [-0.39, 0.29) is 0 Å². The van der Waals surface area contributed by atoms with Crippen LogP contribution in [0.25, 0.3) is 0 Å². The third-order valence-corrected chi connectivity index (χ3v) is 2.65. The summed E-state index contributed by atoms with van der Waals surface area (Å²) in [7, 11) is -1.59. The maximum absolute atomic E-state index is 8.68. The zero-order valence-electron chi connectivity index (χ0n) is 8.47. The van der Waals surface area contributed by atoms with Crippen LogP contribution in [0.1, 0.15) is 5.56 Å². The van der Waals surface area contributed by atoms with Crippen LogP contribution >= 0.6 is 11.6 Å². The molecule has 0 bridgehead atoms. The second-order valence-corrected chi connectivity index (χ2v) is 8.80. The molecule has 1 aromatic rings. The summed E-state index contributed by atoms with van der Waals surface area (Å²) in [4.78, 5) is 0. The fraction of sp³-hybridized carbons (Fsp3) is 0.300. The van der Waals surface area contributed by atoms with Crippen molar-refractivity contribution >= 4 is 19.9 Å². The minimum Gasteiger partial charge on any atom is -0.544 e. The lowest BCUT2D eigenvalue weighted by atomic mass is 10.2. The highest BCUT2D eigenvalue weighted by molar-refractivity contribution is 6.70. The Morgan fingerprint density at radius 2 is 2.00 bits per heavy atom. The Morgan fingerprint density at radius 3 is 2.43 bits per heavy atom. The lowest BCUT2D eigenvalue weighted by molar-refractivity contribution is 0.558. The molecule has 0 aliphatic heterocycles. The van der Waals surface area contributed by atoms with E-state index >= 15 is 0 Å². The van der Waals surface area contributed by atoms with Gasteiger partial charge in [-0.2, -0.15) is 5.26 Å². The summed E-state index contributed by atoms with van der Waals surface area (Å²) in [5, 5.41) is 9.12. The number of benzene rings is 1. The van der Waals surface area contributed by atoms with Gasteiger partial charge >= 0.3 is 0 Å². The van der Waals surface area contributed by atoms with Crippen LogP contribution in [0.2, 0.25) is 24.7 Å². The Labute approximate surface area is 90.2 Å². The number of hydrogen-bond acceptors (Lipinski definition) is 2. The number of hydrogen-bond donors (Lipinski definition) is 0. The number of nitriles is 1. The molecule has 0 aromatic heterocycles. The first kappa shape index (κ1) is 11.1. The third-order valence-electron chi connectivity index (χ3n) is 1.49. The number of halogens is 1. The quantitative estimate of drug-likeness (QED) is 0.723. The van der Waals surface area contributed by atoms with Crippen molar-refractivity contribution in [2.75, 3.05) is 0 Å². The molecule has 0 unspecified atom stereocenters. The Hall–Kier alpha value is -0.983. The summed E-state index contributed by atoms with van der Waals surface area (Å²) in [6.07, 6.45) is 0. The van der Waals surface area contributed by atoms with Gasteiger partial charge in [0, 0.05) is 0 Å². The van der Waals surface area contributed by atoms with Crippen LogP contribution in [0.5, 0.6) is 5.75 Å². The highest BCUT2D eigenvalue weighted by atomic mass is 35.5. The first-order chi connectivity index (χ1) is 6.42. The second-order valence-electron chi connectivity index (χ2n) is 3.97. The van der Waals surface area contributed by atoms with Crippen LogP contribution in [0.4, 0.5) is 0 Å². The van der Waals surface area contributed by atoms with Gasteiger partial charge in [-0.25, -0.2) is 0 Å². The Morgan fingerprint density at radius 1 is 1.36 bits per heavy atom. The summed E-state index contributed by atoms with van der Waals surface area (Å²) in [6.45, 7) is 6.29. The zero-order valence-corrected chi connectivity index (χ0v) is 10.2. The van der Waals surface area contributed by atoms with E-state index in [0.717, 1.165) is 5.75 Å². The highest BCUT2D eigenvalue weighted by Crippen LogP contribution is 2.23. The molecule has 0 amide bonds. The van der Waals surface area contributed by atoms with Crippen molar-refractivity contribution in [1.29, 1.82) is 5.26 Å². The van der Waals surface area contributed by atoms with Gasteiger partial charge in [0.1, 0.15) is 11.8 Å². The van der Waals surface area contributed by atoms with Gasteiger partial charge in [0.05, 0.1) is 10.6 Å². The number of nitrogens with zero attached hydrogens (tertiary/aromatic N) is 1. The average molecular weight is 226 g/mol.